The van der Waals surface area contributed by atoms with Crippen molar-refractivity contribution in [1.82, 2.24) is 5.32 Å². The molecule has 2 heterocycles. The van der Waals surface area contributed by atoms with Gasteiger partial charge < -0.3 is 14.8 Å². The number of methoxy groups -OCH3 is 1. The zero-order valence-electron chi connectivity index (χ0n) is 14.4. The van der Waals surface area contributed by atoms with E-state index in [1.165, 1.54) is 4.88 Å². The van der Waals surface area contributed by atoms with Crippen LogP contribution in [0.15, 0.2) is 41.8 Å². The number of hydrogen-bond donors (Lipinski definition) is 1. The zero-order chi connectivity index (χ0) is 17.3. The molecule has 5 heteroatoms. The smallest absolute Gasteiger partial charge is 0.231 e. The first-order valence-corrected chi connectivity index (χ1v) is 9.66. The Kier molecular flexibility index (Phi) is 4.29. The van der Waals surface area contributed by atoms with Crippen molar-refractivity contribution in [2.75, 3.05) is 20.3 Å². The maximum atomic E-state index is 13.4. The molecule has 0 radical (unpaired) electrons. The average Bonchev–Trinajstić information content (AvgIpc) is 3.28. The molecule has 1 saturated heterocycles. The Morgan fingerprint density at radius 3 is 2.52 bits per heavy atom. The molecule has 2 fully saturated rings. The summed E-state index contributed by atoms with van der Waals surface area (Å²) in [4.78, 5) is 14.6. The van der Waals surface area contributed by atoms with E-state index in [1.807, 2.05) is 24.3 Å². The Hall–Kier alpha value is -1.85. The minimum Gasteiger partial charge on any atom is -0.496 e. The summed E-state index contributed by atoms with van der Waals surface area (Å²) in [6.45, 7) is 1.36. The third-order valence-electron chi connectivity index (χ3n) is 5.50. The summed E-state index contributed by atoms with van der Waals surface area (Å²) in [6, 6.07) is 12.1. The van der Waals surface area contributed by atoms with Gasteiger partial charge in [-0.15, -0.1) is 11.3 Å². The molecule has 0 unspecified atom stereocenters. The summed E-state index contributed by atoms with van der Waals surface area (Å²) in [5.41, 5.74) is 0.249. The van der Waals surface area contributed by atoms with E-state index in [2.05, 4.69) is 22.8 Å². The van der Waals surface area contributed by atoms with E-state index in [4.69, 9.17) is 9.47 Å². The van der Waals surface area contributed by atoms with Crippen molar-refractivity contribution in [2.24, 2.45) is 0 Å². The lowest BCUT2D eigenvalue weighted by atomic mass is 9.86. The second-order valence-electron chi connectivity index (χ2n) is 6.91. The SMILES string of the molecule is COc1ccccc1C1(C(=O)NC2(c3cccs3)CCOCC2)CC1. The van der Waals surface area contributed by atoms with Crippen molar-refractivity contribution in [2.45, 2.75) is 36.6 Å². The van der Waals surface area contributed by atoms with Crippen LogP contribution in [0.4, 0.5) is 0 Å². The molecule has 0 bridgehead atoms. The largest absolute Gasteiger partial charge is 0.496 e. The predicted octanol–water partition coefficient (Wildman–Crippen LogP) is 3.61. The first kappa shape index (κ1) is 16.6. The van der Waals surface area contributed by atoms with E-state index < -0.39 is 5.41 Å². The van der Waals surface area contributed by atoms with Crippen LogP contribution >= 0.6 is 11.3 Å². The lowest BCUT2D eigenvalue weighted by molar-refractivity contribution is -0.127. The highest BCUT2D eigenvalue weighted by Gasteiger charge is 2.54. The van der Waals surface area contributed by atoms with Gasteiger partial charge in [-0.05, 0) is 43.2 Å². The lowest BCUT2D eigenvalue weighted by Gasteiger charge is -2.38. The van der Waals surface area contributed by atoms with Crippen LogP contribution in [-0.4, -0.2) is 26.2 Å². The van der Waals surface area contributed by atoms with Crippen molar-refractivity contribution in [1.29, 1.82) is 0 Å². The van der Waals surface area contributed by atoms with E-state index in [0.29, 0.717) is 13.2 Å². The van der Waals surface area contributed by atoms with Gasteiger partial charge in [0.2, 0.25) is 5.91 Å². The Labute approximate surface area is 152 Å². The lowest BCUT2D eigenvalue weighted by Crippen LogP contribution is -2.52. The van der Waals surface area contributed by atoms with E-state index in [0.717, 1.165) is 37.0 Å². The highest BCUT2D eigenvalue weighted by Crippen LogP contribution is 2.52. The second-order valence-corrected chi connectivity index (χ2v) is 7.86. The number of thiophene rings is 1. The van der Waals surface area contributed by atoms with Crippen LogP contribution in [0.1, 0.15) is 36.1 Å². The van der Waals surface area contributed by atoms with Gasteiger partial charge >= 0.3 is 0 Å². The monoisotopic (exact) mass is 357 g/mol. The molecule has 2 aromatic rings. The number of ether oxygens (including phenoxy) is 2. The number of benzene rings is 1. The number of carbonyl (C=O) groups is 1. The topological polar surface area (TPSA) is 47.6 Å². The van der Waals surface area contributed by atoms with Crippen LogP contribution in [0.5, 0.6) is 5.75 Å². The van der Waals surface area contributed by atoms with Gasteiger partial charge in [-0.3, -0.25) is 4.79 Å². The summed E-state index contributed by atoms with van der Waals surface area (Å²) in [7, 11) is 1.67. The van der Waals surface area contributed by atoms with Gasteiger partial charge in [-0.25, -0.2) is 0 Å². The number of para-hydroxylation sites is 1. The molecule has 1 aliphatic heterocycles. The molecule has 4 nitrogen and oxygen atoms in total. The molecule has 132 valence electrons. The highest BCUT2D eigenvalue weighted by molar-refractivity contribution is 7.10. The van der Waals surface area contributed by atoms with Crippen molar-refractivity contribution >= 4 is 17.2 Å². The molecule has 1 N–H and O–H groups in total. The predicted molar refractivity (Wildman–Crippen MR) is 98.1 cm³/mol. The zero-order valence-corrected chi connectivity index (χ0v) is 15.2. The normalized spacial score (nSPS) is 20.7. The summed E-state index contributed by atoms with van der Waals surface area (Å²) in [6.07, 6.45) is 3.38. The number of hydrogen-bond acceptors (Lipinski definition) is 4. The molecule has 0 spiro atoms. The Balaban J connectivity index is 1.64. The summed E-state index contributed by atoms with van der Waals surface area (Å²) in [5, 5.41) is 5.50. The molecule has 0 atom stereocenters. The van der Waals surface area contributed by atoms with Crippen LogP contribution in [0, 0.1) is 0 Å². The van der Waals surface area contributed by atoms with Crippen molar-refractivity contribution in [3.8, 4) is 5.75 Å². The second kappa shape index (κ2) is 6.46. The van der Waals surface area contributed by atoms with Gasteiger partial charge in [-0.2, -0.15) is 0 Å². The minimum absolute atomic E-state index is 0.118. The molecule has 2 aliphatic rings. The van der Waals surface area contributed by atoms with Gasteiger partial charge in [-0.1, -0.05) is 24.3 Å². The van der Waals surface area contributed by atoms with Gasteiger partial charge in [0.25, 0.3) is 0 Å². The van der Waals surface area contributed by atoms with E-state index in [1.54, 1.807) is 18.4 Å². The first-order valence-electron chi connectivity index (χ1n) is 8.78. The third kappa shape index (κ3) is 2.85. The molecule has 1 amide bonds. The Morgan fingerprint density at radius 2 is 1.88 bits per heavy atom. The molecular weight excluding hydrogens is 334 g/mol. The van der Waals surface area contributed by atoms with E-state index in [-0.39, 0.29) is 11.4 Å². The van der Waals surface area contributed by atoms with Gasteiger partial charge in [0.15, 0.2) is 0 Å². The maximum absolute atomic E-state index is 13.4. The van der Waals surface area contributed by atoms with Crippen molar-refractivity contribution in [3.63, 3.8) is 0 Å². The van der Waals surface area contributed by atoms with Crippen molar-refractivity contribution in [3.05, 3.63) is 52.2 Å². The standard InChI is InChI=1S/C20H23NO3S/c1-23-16-6-3-2-5-15(16)19(8-9-19)18(22)21-20(10-12-24-13-11-20)17-7-4-14-25-17/h2-7,14H,8-13H2,1H3,(H,21,22). The molecule has 1 aliphatic carbocycles. The quantitative estimate of drug-likeness (QED) is 0.889. The van der Waals surface area contributed by atoms with E-state index in [9.17, 15) is 4.79 Å². The molecule has 1 saturated carbocycles. The fraction of sp³-hybridized carbons (Fsp3) is 0.450. The summed E-state index contributed by atoms with van der Waals surface area (Å²) >= 11 is 1.71. The van der Waals surface area contributed by atoms with Crippen LogP contribution in [0.3, 0.4) is 0 Å². The minimum atomic E-state index is -0.449. The van der Waals surface area contributed by atoms with Crippen LogP contribution in [0.2, 0.25) is 0 Å². The Morgan fingerprint density at radius 1 is 1.12 bits per heavy atom. The first-order chi connectivity index (χ1) is 12.2. The van der Waals surface area contributed by atoms with Gasteiger partial charge in [0.05, 0.1) is 18.1 Å². The molecular formula is C20H23NO3S. The van der Waals surface area contributed by atoms with Crippen LogP contribution in [0.25, 0.3) is 0 Å². The third-order valence-corrected chi connectivity index (χ3v) is 6.57. The number of nitrogens with one attached hydrogen (secondary N) is 1. The number of rotatable bonds is 5. The van der Waals surface area contributed by atoms with Gasteiger partial charge in [0.1, 0.15) is 5.75 Å². The molecule has 4 rings (SSSR count). The van der Waals surface area contributed by atoms with Crippen LogP contribution < -0.4 is 10.1 Å². The maximum Gasteiger partial charge on any atom is 0.231 e. The van der Waals surface area contributed by atoms with Gasteiger partial charge in [0, 0.05) is 23.7 Å². The summed E-state index contributed by atoms with van der Waals surface area (Å²) < 4.78 is 11.1. The van der Waals surface area contributed by atoms with Crippen molar-refractivity contribution < 1.29 is 14.3 Å². The molecule has 1 aromatic heterocycles. The molecule has 25 heavy (non-hydrogen) atoms. The fourth-order valence-corrected chi connectivity index (χ4v) is 4.77. The average molecular weight is 357 g/mol. The summed E-state index contributed by atoms with van der Waals surface area (Å²) in [5.74, 6) is 0.916. The number of carbonyl (C=O) groups excluding carboxylic acids is 1. The molecule has 1 aromatic carbocycles. The Bertz CT molecular complexity index is 746. The fourth-order valence-electron chi connectivity index (χ4n) is 3.82. The number of amides is 1. The van der Waals surface area contributed by atoms with E-state index >= 15 is 0 Å². The highest BCUT2D eigenvalue weighted by atomic mass is 32.1. The van der Waals surface area contributed by atoms with Crippen LogP contribution in [-0.2, 0) is 20.5 Å².